The molecule has 1 N–H and O–H groups in total. The van der Waals surface area contributed by atoms with Gasteiger partial charge in [-0.3, -0.25) is 4.68 Å². The van der Waals surface area contributed by atoms with Crippen molar-refractivity contribution in [3.63, 3.8) is 0 Å². The number of hydrogen-bond donors (Lipinski definition) is 1. The van der Waals surface area contributed by atoms with Crippen LogP contribution in [-0.4, -0.2) is 16.8 Å². The Bertz CT molecular complexity index is 299. The molecule has 3 heteroatoms. The average molecular weight is 179 g/mol. The third-order valence-corrected chi connectivity index (χ3v) is 2.81. The van der Waals surface area contributed by atoms with Gasteiger partial charge in [0.15, 0.2) is 0 Å². The number of hydrogen-bond acceptors (Lipinski definition) is 2. The van der Waals surface area contributed by atoms with Gasteiger partial charge in [0.25, 0.3) is 0 Å². The molecule has 0 bridgehead atoms. The summed E-state index contributed by atoms with van der Waals surface area (Å²) in [4.78, 5) is 0. The fourth-order valence-electron chi connectivity index (χ4n) is 1.63. The van der Waals surface area contributed by atoms with Gasteiger partial charge < -0.3 is 5.32 Å². The normalized spacial score (nSPS) is 19.0. The first-order valence-electron chi connectivity index (χ1n) is 4.93. The summed E-state index contributed by atoms with van der Waals surface area (Å²) in [7, 11) is 4.01. The number of nitrogens with one attached hydrogen (secondary N) is 1. The quantitative estimate of drug-likeness (QED) is 0.763. The second kappa shape index (κ2) is 3.14. The van der Waals surface area contributed by atoms with E-state index >= 15 is 0 Å². The Kier molecular flexibility index (Phi) is 2.12. The van der Waals surface area contributed by atoms with Crippen LogP contribution in [0.2, 0.25) is 0 Å². The lowest BCUT2D eigenvalue weighted by atomic mass is 10.2. The maximum atomic E-state index is 4.50. The van der Waals surface area contributed by atoms with E-state index in [1.165, 1.54) is 18.5 Å². The molecule has 1 fully saturated rings. The number of aryl methyl sites for hydroxylation is 1. The van der Waals surface area contributed by atoms with Crippen molar-refractivity contribution in [2.24, 2.45) is 7.05 Å². The van der Waals surface area contributed by atoms with Gasteiger partial charge in [-0.1, -0.05) is 0 Å². The molecule has 1 aliphatic carbocycles. The van der Waals surface area contributed by atoms with Crippen LogP contribution in [-0.2, 0) is 7.05 Å². The molecule has 3 nitrogen and oxygen atoms in total. The van der Waals surface area contributed by atoms with Gasteiger partial charge in [-0.25, -0.2) is 0 Å². The molecule has 1 heterocycles. The summed E-state index contributed by atoms with van der Waals surface area (Å²) < 4.78 is 2.03. The lowest BCUT2D eigenvalue weighted by Crippen LogP contribution is -2.13. The monoisotopic (exact) mass is 179 g/mol. The fourth-order valence-corrected chi connectivity index (χ4v) is 1.63. The highest BCUT2D eigenvalue weighted by Gasteiger charge is 2.27. The van der Waals surface area contributed by atoms with E-state index in [1.807, 2.05) is 18.8 Å². The van der Waals surface area contributed by atoms with Crippen molar-refractivity contribution in [2.75, 3.05) is 7.05 Å². The molecule has 0 spiro atoms. The van der Waals surface area contributed by atoms with Crippen molar-refractivity contribution in [3.8, 4) is 0 Å². The van der Waals surface area contributed by atoms with E-state index < -0.39 is 0 Å². The Hall–Kier alpha value is -0.830. The van der Waals surface area contributed by atoms with E-state index in [0.717, 1.165) is 11.6 Å². The van der Waals surface area contributed by atoms with Gasteiger partial charge in [-0.2, -0.15) is 5.10 Å². The summed E-state index contributed by atoms with van der Waals surface area (Å²) in [6.45, 7) is 2.14. The Morgan fingerprint density at radius 3 is 2.85 bits per heavy atom. The summed E-state index contributed by atoms with van der Waals surface area (Å²) in [5.74, 6) is 0.787. The summed E-state index contributed by atoms with van der Waals surface area (Å²) in [5.41, 5.74) is 2.56. The standard InChI is InChI=1S/C10H17N3/c1-7(11-2)9-6-10(8-4-5-8)13(3)12-9/h6-8,11H,4-5H2,1-3H3. The van der Waals surface area contributed by atoms with Gasteiger partial charge >= 0.3 is 0 Å². The maximum absolute atomic E-state index is 4.50. The Balaban J connectivity index is 2.23. The topological polar surface area (TPSA) is 29.9 Å². The number of aromatic nitrogens is 2. The van der Waals surface area contributed by atoms with Crippen LogP contribution in [0.3, 0.4) is 0 Å². The second-order valence-electron chi connectivity index (χ2n) is 3.90. The minimum Gasteiger partial charge on any atom is -0.312 e. The molecule has 1 saturated carbocycles. The molecule has 13 heavy (non-hydrogen) atoms. The van der Waals surface area contributed by atoms with E-state index in [1.54, 1.807) is 0 Å². The van der Waals surface area contributed by atoms with Crippen molar-refractivity contribution < 1.29 is 0 Å². The highest BCUT2D eigenvalue weighted by atomic mass is 15.3. The molecule has 1 aromatic heterocycles. The molecule has 0 saturated heterocycles. The Labute approximate surface area is 79.1 Å². The molecule has 1 unspecified atom stereocenters. The van der Waals surface area contributed by atoms with Crippen LogP contribution in [0.15, 0.2) is 6.07 Å². The van der Waals surface area contributed by atoms with Crippen molar-refractivity contribution in [1.29, 1.82) is 0 Å². The maximum Gasteiger partial charge on any atom is 0.0793 e. The van der Waals surface area contributed by atoms with Crippen LogP contribution >= 0.6 is 0 Å². The van der Waals surface area contributed by atoms with Gasteiger partial charge in [0.1, 0.15) is 0 Å². The lowest BCUT2D eigenvalue weighted by Gasteiger charge is -2.04. The van der Waals surface area contributed by atoms with Gasteiger partial charge in [-0.05, 0) is 32.9 Å². The first kappa shape index (κ1) is 8.75. The largest absolute Gasteiger partial charge is 0.312 e. The van der Waals surface area contributed by atoms with Crippen molar-refractivity contribution in [3.05, 3.63) is 17.5 Å². The first-order chi connectivity index (χ1) is 6.22. The van der Waals surface area contributed by atoms with Gasteiger partial charge in [0.05, 0.1) is 5.69 Å². The lowest BCUT2D eigenvalue weighted by molar-refractivity contribution is 0.607. The van der Waals surface area contributed by atoms with Crippen LogP contribution in [0.5, 0.6) is 0 Å². The number of nitrogens with zero attached hydrogens (tertiary/aromatic N) is 2. The van der Waals surface area contributed by atoms with Gasteiger partial charge in [-0.15, -0.1) is 0 Å². The van der Waals surface area contributed by atoms with E-state index in [2.05, 4.69) is 23.4 Å². The van der Waals surface area contributed by atoms with E-state index in [-0.39, 0.29) is 0 Å². The van der Waals surface area contributed by atoms with Crippen LogP contribution in [0.25, 0.3) is 0 Å². The molecular formula is C10H17N3. The summed E-state index contributed by atoms with van der Waals surface area (Å²) >= 11 is 0. The minimum absolute atomic E-state index is 0.360. The van der Waals surface area contributed by atoms with Crippen LogP contribution in [0.1, 0.15) is 43.1 Å². The van der Waals surface area contributed by atoms with E-state index in [9.17, 15) is 0 Å². The zero-order valence-corrected chi connectivity index (χ0v) is 8.54. The fraction of sp³-hybridized carbons (Fsp3) is 0.700. The third-order valence-electron chi connectivity index (χ3n) is 2.81. The average Bonchev–Trinajstić information content (AvgIpc) is 2.89. The van der Waals surface area contributed by atoms with Crippen LogP contribution < -0.4 is 5.32 Å². The zero-order valence-electron chi connectivity index (χ0n) is 8.54. The van der Waals surface area contributed by atoms with Gasteiger partial charge in [0, 0.05) is 24.7 Å². The number of rotatable bonds is 3. The van der Waals surface area contributed by atoms with Gasteiger partial charge in [0.2, 0.25) is 0 Å². The highest BCUT2D eigenvalue weighted by Crippen LogP contribution is 2.40. The summed E-state index contributed by atoms with van der Waals surface area (Å²) in [6.07, 6.45) is 2.68. The third kappa shape index (κ3) is 1.61. The molecule has 1 aliphatic rings. The van der Waals surface area contributed by atoms with Crippen molar-refractivity contribution in [2.45, 2.75) is 31.7 Å². The van der Waals surface area contributed by atoms with Crippen molar-refractivity contribution in [1.82, 2.24) is 15.1 Å². The predicted molar refractivity (Wildman–Crippen MR) is 52.7 cm³/mol. The van der Waals surface area contributed by atoms with Crippen LogP contribution in [0, 0.1) is 0 Å². The predicted octanol–water partition coefficient (Wildman–Crippen LogP) is 1.58. The molecule has 0 radical (unpaired) electrons. The van der Waals surface area contributed by atoms with E-state index in [4.69, 9.17) is 0 Å². The Morgan fingerprint density at radius 2 is 2.31 bits per heavy atom. The molecule has 0 amide bonds. The SMILES string of the molecule is CNC(C)c1cc(C2CC2)n(C)n1. The molecule has 0 aliphatic heterocycles. The molecule has 1 atom stereocenters. The molecule has 0 aromatic carbocycles. The first-order valence-corrected chi connectivity index (χ1v) is 4.93. The van der Waals surface area contributed by atoms with E-state index in [0.29, 0.717) is 6.04 Å². The molecule has 72 valence electrons. The molecule has 2 rings (SSSR count). The minimum atomic E-state index is 0.360. The second-order valence-corrected chi connectivity index (χ2v) is 3.90. The highest BCUT2D eigenvalue weighted by molar-refractivity contribution is 5.20. The zero-order chi connectivity index (χ0) is 9.42. The molecule has 1 aromatic rings. The smallest absolute Gasteiger partial charge is 0.0793 e. The van der Waals surface area contributed by atoms with Crippen LogP contribution in [0.4, 0.5) is 0 Å². The summed E-state index contributed by atoms with van der Waals surface area (Å²) in [6, 6.07) is 2.59. The summed E-state index contributed by atoms with van der Waals surface area (Å²) in [5, 5.41) is 7.70. The molecular weight excluding hydrogens is 162 g/mol. The Morgan fingerprint density at radius 1 is 1.62 bits per heavy atom. The van der Waals surface area contributed by atoms with Crippen molar-refractivity contribution >= 4 is 0 Å².